The van der Waals surface area contributed by atoms with Gasteiger partial charge >= 0.3 is 5.97 Å². The molecule has 132 valence electrons. The molecule has 25 heavy (non-hydrogen) atoms. The van der Waals surface area contributed by atoms with Gasteiger partial charge in [0, 0.05) is 19.1 Å². The summed E-state index contributed by atoms with van der Waals surface area (Å²) in [6.45, 7) is -0.0766. The van der Waals surface area contributed by atoms with E-state index in [1.807, 2.05) is 0 Å². The molecule has 10 heteroatoms. The van der Waals surface area contributed by atoms with Crippen molar-refractivity contribution in [2.24, 2.45) is 0 Å². The van der Waals surface area contributed by atoms with Gasteiger partial charge in [0.1, 0.15) is 6.54 Å². The lowest BCUT2D eigenvalue weighted by molar-refractivity contribution is -0.139. The number of rotatable bonds is 6. The number of aromatic nitrogens is 3. The van der Waals surface area contributed by atoms with Crippen LogP contribution in [0.2, 0.25) is 5.02 Å². The molecular formula is C15H16ClN5O4. The van der Waals surface area contributed by atoms with Crippen molar-refractivity contribution in [2.45, 2.75) is 12.6 Å². The summed E-state index contributed by atoms with van der Waals surface area (Å²) >= 11 is 5.78. The molecular weight excluding hydrogens is 350 g/mol. The van der Waals surface area contributed by atoms with Gasteiger partial charge < -0.3 is 15.3 Å². The average molecular weight is 366 g/mol. The zero-order valence-electron chi connectivity index (χ0n) is 13.5. The van der Waals surface area contributed by atoms with Gasteiger partial charge in [0.2, 0.25) is 5.91 Å². The van der Waals surface area contributed by atoms with E-state index < -0.39 is 17.9 Å². The van der Waals surface area contributed by atoms with Gasteiger partial charge in [-0.15, -0.1) is 5.10 Å². The summed E-state index contributed by atoms with van der Waals surface area (Å²) in [5, 5.41) is 19.5. The van der Waals surface area contributed by atoms with Crippen molar-refractivity contribution >= 4 is 29.4 Å². The molecule has 0 saturated carbocycles. The second-order valence-electron chi connectivity index (χ2n) is 5.39. The van der Waals surface area contributed by atoms with Crippen molar-refractivity contribution in [1.29, 1.82) is 0 Å². The van der Waals surface area contributed by atoms with Gasteiger partial charge in [-0.1, -0.05) is 28.9 Å². The molecule has 0 radical (unpaired) electrons. The number of nitrogens with one attached hydrogen (secondary N) is 1. The van der Waals surface area contributed by atoms with Gasteiger partial charge in [0.05, 0.1) is 6.20 Å². The van der Waals surface area contributed by atoms with E-state index in [9.17, 15) is 19.5 Å². The molecule has 0 aliphatic heterocycles. The van der Waals surface area contributed by atoms with Crippen molar-refractivity contribution in [3.63, 3.8) is 0 Å². The molecule has 9 nitrogen and oxygen atoms in total. The number of carbonyl (C=O) groups excluding carboxylic acids is 2. The molecule has 1 aromatic carbocycles. The van der Waals surface area contributed by atoms with Crippen molar-refractivity contribution in [1.82, 2.24) is 25.2 Å². The minimum Gasteiger partial charge on any atom is -0.479 e. The Morgan fingerprint density at radius 1 is 1.28 bits per heavy atom. The molecule has 0 aliphatic carbocycles. The van der Waals surface area contributed by atoms with E-state index in [4.69, 9.17) is 11.6 Å². The fourth-order valence-electron chi connectivity index (χ4n) is 1.91. The first-order chi connectivity index (χ1) is 11.8. The summed E-state index contributed by atoms with van der Waals surface area (Å²) in [7, 11) is 3.19. The van der Waals surface area contributed by atoms with E-state index in [2.05, 4.69) is 15.6 Å². The summed E-state index contributed by atoms with van der Waals surface area (Å²) < 4.78 is 1.20. The first kappa shape index (κ1) is 18.4. The van der Waals surface area contributed by atoms with Gasteiger partial charge in [0.15, 0.2) is 11.7 Å². The Balaban J connectivity index is 2.11. The Morgan fingerprint density at radius 3 is 2.48 bits per heavy atom. The second kappa shape index (κ2) is 7.75. The number of halogens is 1. The second-order valence-corrected chi connectivity index (χ2v) is 5.82. The van der Waals surface area contributed by atoms with Crippen LogP contribution in [0.15, 0.2) is 30.5 Å². The lowest BCUT2D eigenvalue weighted by atomic mass is 10.1. The smallest absolute Gasteiger partial charge is 0.330 e. The molecule has 1 atom stereocenters. The van der Waals surface area contributed by atoms with Crippen LogP contribution in [0, 0.1) is 0 Å². The number of likely N-dealkylation sites (N-methyl/N-ethyl adjacent to an activating group) is 1. The summed E-state index contributed by atoms with van der Waals surface area (Å²) in [4.78, 5) is 36.7. The molecule has 1 aromatic heterocycles. The van der Waals surface area contributed by atoms with Gasteiger partial charge in [0.25, 0.3) is 5.91 Å². The largest absolute Gasteiger partial charge is 0.479 e. The normalized spacial score (nSPS) is 11.6. The van der Waals surface area contributed by atoms with Crippen LogP contribution >= 0.6 is 11.6 Å². The Bertz CT molecular complexity index is 787. The van der Waals surface area contributed by atoms with Gasteiger partial charge in [-0.05, 0) is 17.7 Å². The van der Waals surface area contributed by atoms with E-state index >= 15 is 0 Å². The van der Waals surface area contributed by atoms with Crippen molar-refractivity contribution in [3.8, 4) is 0 Å². The topological polar surface area (TPSA) is 117 Å². The summed E-state index contributed by atoms with van der Waals surface area (Å²) in [5.74, 6) is -2.17. The monoisotopic (exact) mass is 365 g/mol. The van der Waals surface area contributed by atoms with E-state index in [1.54, 1.807) is 14.1 Å². The molecule has 0 fully saturated rings. The maximum Gasteiger partial charge on any atom is 0.330 e. The number of amides is 2. The van der Waals surface area contributed by atoms with E-state index in [-0.39, 0.29) is 18.1 Å². The first-order valence-corrected chi connectivity index (χ1v) is 7.55. The first-order valence-electron chi connectivity index (χ1n) is 7.17. The molecule has 2 rings (SSSR count). The van der Waals surface area contributed by atoms with Crippen LogP contribution in [0.3, 0.4) is 0 Å². The number of hydrogen-bond donors (Lipinski definition) is 2. The molecule has 1 unspecified atom stereocenters. The predicted octanol–water partition coefficient (Wildman–Crippen LogP) is 0.575. The van der Waals surface area contributed by atoms with Crippen molar-refractivity contribution < 1.29 is 19.5 Å². The van der Waals surface area contributed by atoms with Gasteiger partial charge in [-0.2, -0.15) is 0 Å². The minimum atomic E-state index is -1.27. The Kier molecular flexibility index (Phi) is 5.71. The van der Waals surface area contributed by atoms with Crippen LogP contribution in [0.25, 0.3) is 0 Å². The highest BCUT2D eigenvalue weighted by molar-refractivity contribution is 6.30. The average Bonchev–Trinajstić information content (AvgIpc) is 3.01. The Labute approximate surface area is 148 Å². The Hall–Kier alpha value is -2.94. The third-order valence-electron chi connectivity index (χ3n) is 3.29. The van der Waals surface area contributed by atoms with Crippen molar-refractivity contribution in [3.05, 3.63) is 46.7 Å². The zero-order chi connectivity index (χ0) is 18.6. The number of carboxylic acids is 1. The molecule has 0 spiro atoms. The summed E-state index contributed by atoms with van der Waals surface area (Å²) in [6, 6.07) is 4.81. The number of benzene rings is 1. The zero-order valence-corrected chi connectivity index (χ0v) is 14.3. The number of nitrogens with zero attached hydrogens (tertiary/aromatic N) is 4. The standard InChI is InChI=1S/C15H16ClN5O4/c1-20(2)12(22)8-21-7-11(18-19-21)14(23)17-13(15(24)25)9-3-5-10(16)6-4-9/h3-7,13H,8H2,1-2H3,(H,17,23)(H,24,25). The van der Waals surface area contributed by atoms with E-state index in [0.717, 1.165) is 0 Å². The predicted molar refractivity (Wildman–Crippen MR) is 88.0 cm³/mol. The lowest BCUT2D eigenvalue weighted by Crippen LogP contribution is -2.34. The molecule has 1 heterocycles. The number of carboxylic acid groups (broad SMARTS) is 1. The molecule has 2 aromatic rings. The van der Waals surface area contributed by atoms with Crippen molar-refractivity contribution in [2.75, 3.05) is 14.1 Å². The maximum atomic E-state index is 12.2. The third-order valence-corrected chi connectivity index (χ3v) is 3.55. The fraction of sp³-hybridized carbons (Fsp3) is 0.267. The highest BCUT2D eigenvalue weighted by Gasteiger charge is 2.24. The highest BCUT2D eigenvalue weighted by atomic mass is 35.5. The van der Waals surface area contributed by atoms with E-state index in [0.29, 0.717) is 10.6 Å². The molecule has 0 bridgehead atoms. The van der Waals surface area contributed by atoms with Crippen LogP contribution in [0.4, 0.5) is 0 Å². The number of aliphatic carboxylic acids is 1. The van der Waals surface area contributed by atoms with Crippen LogP contribution in [-0.4, -0.2) is 56.9 Å². The fourth-order valence-corrected chi connectivity index (χ4v) is 2.03. The third kappa shape index (κ3) is 4.77. The molecule has 0 aliphatic rings. The lowest BCUT2D eigenvalue weighted by Gasteiger charge is -2.14. The number of carbonyl (C=O) groups is 3. The number of hydrogen-bond acceptors (Lipinski definition) is 5. The van der Waals surface area contributed by atoms with Gasteiger partial charge in [-0.25, -0.2) is 9.48 Å². The maximum absolute atomic E-state index is 12.2. The van der Waals surface area contributed by atoms with Crippen LogP contribution in [0.5, 0.6) is 0 Å². The van der Waals surface area contributed by atoms with Crippen LogP contribution < -0.4 is 5.32 Å². The molecule has 2 amide bonds. The Morgan fingerprint density at radius 2 is 1.92 bits per heavy atom. The minimum absolute atomic E-state index is 0.0766. The molecule has 0 saturated heterocycles. The highest BCUT2D eigenvalue weighted by Crippen LogP contribution is 2.17. The summed E-state index contributed by atoms with van der Waals surface area (Å²) in [5.41, 5.74) is 0.271. The molecule has 2 N–H and O–H groups in total. The van der Waals surface area contributed by atoms with Crippen LogP contribution in [0.1, 0.15) is 22.1 Å². The van der Waals surface area contributed by atoms with Gasteiger partial charge in [-0.3, -0.25) is 9.59 Å². The van der Waals surface area contributed by atoms with Crippen LogP contribution in [-0.2, 0) is 16.1 Å². The SMILES string of the molecule is CN(C)C(=O)Cn1cc(C(=O)NC(C(=O)O)c2ccc(Cl)cc2)nn1. The van der Waals surface area contributed by atoms with E-state index in [1.165, 1.54) is 40.0 Å². The summed E-state index contributed by atoms with van der Waals surface area (Å²) in [6.07, 6.45) is 1.28. The quantitative estimate of drug-likeness (QED) is 0.773.